The molecule has 1 aliphatic heterocycles. The van der Waals surface area contributed by atoms with Crippen LogP contribution in [0.1, 0.15) is 31.1 Å². The number of hydrogen-bond donors (Lipinski definition) is 1. The number of anilines is 1. The van der Waals surface area contributed by atoms with Gasteiger partial charge in [-0.1, -0.05) is 0 Å². The van der Waals surface area contributed by atoms with Crippen LogP contribution in [-0.4, -0.2) is 31.0 Å². The summed E-state index contributed by atoms with van der Waals surface area (Å²) < 4.78 is 101. The lowest BCUT2D eigenvalue weighted by Crippen LogP contribution is -2.37. The van der Waals surface area contributed by atoms with Gasteiger partial charge in [0, 0.05) is 10.9 Å². The molecule has 184 valence electrons. The number of aryl methyl sites for hydroxylation is 1. The molecule has 13 heteroatoms. The first-order valence-corrected chi connectivity index (χ1v) is 10.4. The number of alkyl halides is 5. The Hall–Kier alpha value is -3.64. The van der Waals surface area contributed by atoms with Gasteiger partial charge in [0.25, 0.3) is 6.43 Å². The summed E-state index contributed by atoms with van der Waals surface area (Å²) in [7, 11) is 0. The molecule has 0 aliphatic carbocycles. The summed E-state index contributed by atoms with van der Waals surface area (Å²) in [4.78, 5) is 0. The van der Waals surface area contributed by atoms with Crippen LogP contribution in [0.2, 0.25) is 0 Å². The molecule has 2 aromatic carbocycles. The van der Waals surface area contributed by atoms with Crippen molar-refractivity contribution in [2.24, 2.45) is 0 Å². The molecule has 0 radical (unpaired) electrons. The highest BCUT2D eigenvalue weighted by atomic mass is 19.4. The molecule has 0 saturated carbocycles. The Morgan fingerprint density at radius 1 is 1.06 bits per heavy atom. The van der Waals surface area contributed by atoms with Crippen molar-refractivity contribution in [3.8, 4) is 16.8 Å². The van der Waals surface area contributed by atoms with Crippen molar-refractivity contribution in [1.29, 1.82) is 0 Å². The number of hydrogen-bond acceptors (Lipinski definition) is 4. The fourth-order valence-electron chi connectivity index (χ4n) is 4.45. The summed E-state index contributed by atoms with van der Waals surface area (Å²) in [5.41, 5.74) is -4.23. The van der Waals surface area contributed by atoms with Crippen molar-refractivity contribution in [2.75, 3.05) is 5.32 Å². The number of nitrogens with zero attached hydrogens (tertiary/aromatic N) is 5. The summed E-state index contributed by atoms with van der Waals surface area (Å²) in [6, 6.07) is 2.35. The molecule has 0 saturated heterocycles. The van der Waals surface area contributed by atoms with E-state index < -0.39 is 58.8 Å². The van der Waals surface area contributed by atoms with Gasteiger partial charge in [0.05, 0.1) is 28.5 Å². The van der Waals surface area contributed by atoms with E-state index in [0.717, 1.165) is 23.0 Å². The average Bonchev–Trinajstić information content (AvgIpc) is 3.31. The second-order valence-corrected chi connectivity index (χ2v) is 8.77. The highest BCUT2D eigenvalue weighted by Gasteiger charge is 2.43. The molecule has 3 heterocycles. The number of aromatic nitrogens is 5. The van der Waals surface area contributed by atoms with E-state index in [1.165, 1.54) is 11.5 Å². The van der Waals surface area contributed by atoms with Crippen molar-refractivity contribution in [2.45, 2.75) is 45.5 Å². The molecule has 1 N–H and O–H groups in total. The van der Waals surface area contributed by atoms with Crippen LogP contribution in [0.5, 0.6) is 0 Å². The number of benzene rings is 2. The molecule has 4 aromatic rings. The number of nitrogens with one attached hydrogen (secondary N) is 1. The number of rotatable bonds is 3. The summed E-state index contributed by atoms with van der Waals surface area (Å²) in [6.45, 7) is 3.76. The van der Waals surface area contributed by atoms with E-state index in [1.54, 1.807) is 13.8 Å². The smallest absolute Gasteiger partial charge is 0.371 e. The third-order valence-corrected chi connectivity index (χ3v) is 5.92. The maximum atomic E-state index is 16.1. The monoisotopic (exact) mass is 498 g/mol. The van der Waals surface area contributed by atoms with Crippen molar-refractivity contribution in [3.63, 3.8) is 0 Å². The zero-order valence-corrected chi connectivity index (χ0v) is 18.5. The Morgan fingerprint density at radius 3 is 2.43 bits per heavy atom. The van der Waals surface area contributed by atoms with Gasteiger partial charge in [-0.25, -0.2) is 17.6 Å². The Balaban J connectivity index is 1.87. The third kappa shape index (κ3) is 3.51. The van der Waals surface area contributed by atoms with Crippen LogP contribution >= 0.6 is 0 Å². The van der Waals surface area contributed by atoms with Crippen LogP contribution in [0, 0.1) is 18.6 Å². The summed E-state index contributed by atoms with van der Waals surface area (Å²) in [5.74, 6) is -1.71. The van der Waals surface area contributed by atoms with E-state index in [4.69, 9.17) is 0 Å². The van der Waals surface area contributed by atoms with E-state index in [9.17, 15) is 26.3 Å². The van der Waals surface area contributed by atoms with E-state index in [1.807, 2.05) is 0 Å². The SMILES string of the molecule is Cc1nnc2n1-c1c(F)c(-c3cc(F)cc4c3cnn4CC(F)F)cc(C(F)(F)F)c1NC2(C)C. The fraction of sp³-hybridized carbons (Fsp3) is 0.318. The second-order valence-electron chi connectivity index (χ2n) is 8.77. The molecular weight excluding hydrogens is 481 g/mol. The minimum atomic E-state index is -4.92. The first kappa shape index (κ1) is 23.1. The minimum Gasteiger partial charge on any atom is -0.371 e. The van der Waals surface area contributed by atoms with Gasteiger partial charge in [-0.2, -0.15) is 18.3 Å². The van der Waals surface area contributed by atoms with Gasteiger partial charge in [-0.15, -0.1) is 10.2 Å². The van der Waals surface area contributed by atoms with Crippen molar-refractivity contribution < 1.29 is 30.7 Å². The first-order chi connectivity index (χ1) is 16.3. The van der Waals surface area contributed by atoms with Gasteiger partial charge in [-0.05, 0) is 44.5 Å². The van der Waals surface area contributed by atoms with Gasteiger partial charge in [0.1, 0.15) is 23.9 Å². The van der Waals surface area contributed by atoms with Gasteiger partial charge < -0.3 is 5.32 Å². The topological polar surface area (TPSA) is 60.6 Å². The first-order valence-electron chi connectivity index (χ1n) is 10.4. The van der Waals surface area contributed by atoms with Crippen LogP contribution in [0.3, 0.4) is 0 Å². The molecule has 6 nitrogen and oxygen atoms in total. The second kappa shape index (κ2) is 7.43. The maximum absolute atomic E-state index is 16.1. The quantitative estimate of drug-likeness (QED) is 0.362. The molecule has 5 rings (SSSR count). The third-order valence-electron chi connectivity index (χ3n) is 5.92. The van der Waals surface area contributed by atoms with Gasteiger partial charge in [0.2, 0.25) is 0 Å². The minimum absolute atomic E-state index is 0.0174. The van der Waals surface area contributed by atoms with E-state index in [-0.39, 0.29) is 28.1 Å². The number of fused-ring (bicyclic) bond motifs is 4. The highest BCUT2D eigenvalue weighted by Crippen LogP contribution is 2.48. The lowest BCUT2D eigenvalue weighted by atomic mass is 9.92. The van der Waals surface area contributed by atoms with E-state index in [2.05, 4.69) is 20.6 Å². The van der Waals surface area contributed by atoms with Gasteiger partial charge in [-0.3, -0.25) is 9.25 Å². The average molecular weight is 498 g/mol. The van der Waals surface area contributed by atoms with E-state index in [0.29, 0.717) is 6.07 Å². The van der Waals surface area contributed by atoms with Crippen LogP contribution in [0.15, 0.2) is 24.4 Å². The molecular formula is C22H17F7N6. The van der Waals surface area contributed by atoms with Crippen molar-refractivity contribution in [3.05, 3.63) is 53.2 Å². The van der Waals surface area contributed by atoms with Crippen LogP contribution < -0.4 is 5.32 Å². The molecule has 0 bridgehead atoms. The van der Waals surface area contributed by atoms with Gasteiger partial charge >= 0.3 is 6.18 Å². The normalized spacial score (nSPS) is 14.8. The predicted octanol–water partition coefficient (Wildman–Crippen LogP) is 5.82. The molecule has 35 heavy (non-hydrogen) atoms. The fourth-order valence-corrected chi connectivity index (χ4v) is 4.45. The summed E-state index contributed by atoms with van der Waals surface area (Å²) in [5, 5.41) is 14.4. The van der Waals surface area contributed by atoms with Crippen LogP contribution in [0.25, 0.3) is 27.7 Å². The zero-order chi connectivity index (χ0) is 25.4. The molecule has 0 unspecified atom stereocenters. The molecule has 0 fully saturated rings. The molecule has 0 atom stereocenters. The summed E-state index contributed by atoms with van der Waals surface area (Å²) >= 11 is 0. The van der Waals surface area contributed by atoms with E-state index >= 15 is 4.39 Å². The predicted molar refractivity (Wildman–Crippen MR) is 112 cm³/mol. The Morgan fingerprint density at radius 2 is 1.77 bits per heavy atom. The van der Waals surface area contributed by atoms with Crippen LogP contribution in [-0.2, 0) is 18.3 Å². The maximum Gasteiger partial charge on any atom is 0.418 e. The highest BCUT2D eigenvalue weighted by molar-refractivity contribution is 5.96. The van der Waals surface area contributed by atoms with Crippen LogP contribution in [0.4, 0.5) is 36.4 Å². The van der Waals surface area contributed by atoms with Gasteiger partial charge in [0.15, 0.2) is 11.6 Å². The summed E-state index contributed by atoms with van der Waals surface area (Å²) in [6.07, 6.45) is -6.64. The lowest BCUT2D eigenvalue weighted by Gasteiger charge is -2.36. The lowest BCUT2D eigenvalue weighted by molar-refractivity contribution is -0.137. The molecule has 0 spiro atoms. The van der Waals surface area contributed by atoms with Crippen molar-refractivity contribution in [1.82, 2.24) is 24.5 Å². The molecule has 0 amide bonds. The Bertz CT molecular complexity index is 1480. The Kier molecular flexibility index (Phi) is 4.91. The van der Waals surface area contributed by atoms with Crippen molar-refractivity contribution >= 4 is 16.6 Å². The Labute approximate surface area is 193 Å². The molecule has 2 aromatic heterocycles. The number of halogens is 7. The zero-order valence-electron chi connectivity index (χ0n) is 18.5. The molecule has 1 aliphatic rings. The largest absolute Gasteiger partial charge is 0.418 e. The standard InChI is InChI=1S/C22H17F7N6/c1-9-32-33-20-21(2,3)31-18-14(22(27,28)29)6-12(17(26)19(18)35(9)20)11-4-10(23)5-15-13(11)7-30-34(15)8-16(24)25/h4-7,16,31H,8H2,1-3H3.